The summed E-state index contributed by atoms with van der Waals surface area (Å²) in [7, 11) is 0. The number of thiazole rings is 1. The van der Waals surface area contributed by atoms with E-state index < -0.39 is 0 Å². The van der Waals surface area contributed by atoms with Crippen LogP contribution in [-0.2, 0) is 17.0 Å². The third-order valence-electron chi connectivity index (χ3n) is 4.74. The fourth-order valence-corrected chi connectivity index (χ4v) is 5.11. The van der Waals surface area contributed by atoms with Gasteiger partial charge in [0.05, 0.1) is 28.9 Å². The number of aromatic nitrogens is 3. The van der Waals surface area contributed by atoms with Gasteiger partial charge in [-0.15, -0.1) is 11.3 Å². The molecule has 0 saturated heterocycles. The van der Waals surface area contributed by atoms with E-state index >= 15 is 0 Å². The van der Waals surface area contributed by atoms with Gasteiger partial charge in [0.25, 0.3) is 0 Å². The molecule has 2 aromatic heterocycles. The van der Waals surface area contributed by atoms with E-state index in [0.717, 1.165) is 44.8 Å². The molecule has 0 N–H and O–H groups in total. The number of hydrogen-bond acceptors (Lipinski definition) is 6. The molecule has 2 aromatic carbocycles. The van der Waals surface area contributed by atoms with Crippen LogP contribution in [-0.4, -0.2) is 27.1 Å². The van der Waals surface area contributed by atoms with E-state index in [1.807, 2.05) is 12.1 Å². The molecular weight excluding hydrogens is 414 g/mol. The van der Waals surface area contributed by atoms with Gasteiger partial charge in [0.15, 0.2) is 5.16 Å². The van der Waals surface area contributed by atoms with Crippen molar-refractivity contribution in [3.63, 3.8) is 0 Å². The van der Waals surface area contributed by atoms with Crippen LogP contribution in [0.4, 0.5) is 0 Å². The van der Waals surface area contributed by atoms with Gasteiger partial charge in [0, 0.05) is 23.2 Å². The number of esters is 1. The predicted molar refractivity (Wildman–Crippen MR) is 123 cm³/mol. The highest BCUT2D eigenvalue weighted by molar-refractivity contribution is 7.98. The van der Waals surface area contributed by atoms with Crippen molar-refractivity contribution < 1.29 is 9.53 Å². The number of carbonyl (C=O) groups is 1. The van der Waals surface area contributed by atoms with E-state index in [-0.39, 0.29) is 5.97 Å². The van der Waals surface area contributed by atoms with Gasteiger partial charge in [0.2, 0.25) is 0 Å². The molecule has 154 valence electrons. The SMILES string of the molecule is CCOC(=O)c1ccc2c(c1)nc(SCc1csc(-c3ccc(C)cc3)n1)n2CC. The van der Waals surface area contributed by atoms with Crippen LogP contribution < -0.4 is 0 Å². The monoisotopic (exact) mass is 437 g/mol. The summed E-state index contributed by atoms with van der Waals surface area (Å²) in [4.78, 5) is 21.6. The average Bonchev–Trinajstić information content (AvgIpc) is 3.36. The molecule has 0 unspecified atom stereocenters. The second-order valence-corrected chi connectivity index (χ2v) is 8.66. The topological polar surface area (TPSA) is 57.0 Å². The van der Waals surface area contributed by atoms with Crippen LogP contribution in [0.15, 0.2) is 53.0 Å². The van der Waals surface area contributed by atoms with Gasteiger partial charge in [-0.2, -0.15) is 0 Å². The first-order valence-corrected chi connectivity index (χ1v) is 11.8. The van der Waals surface area contributed by atoms with Crippen LogP contribution in [0, 0.1) is 6.92 Å². The van der Waals surface area contributed by atoms with Crippen molar-refractivity contribution in [3.8, 4) is 10.6 Å². The first-order valence-electron chi connectivity index (χ1n) is 9.90. The van der Waals surface area contributed by atoms with Crippen molar-refractivity contribution in [2.24, 2.45) is 0 Å². The van der Waals surface area contributed by atoms with Crippen molar-refractivity contribution in [1.82, 2.24) is 14.5 Å². The summed E-state index contributed by atoms with van der Waals surface area (Å²) < 4.78 is 7.27. The number of nitrogens with zero attached hydrogens (tertiary/aromatic N) is 3. The van der Waals surface area contributed by atoms with Gasteiger partial charge in [-0.3, -0.25) is 0 Å². The van der Waals surface area contributed by atoms with Crippen molar-refractivity contribution in [1.29, 1.82) is 0 Å². The highest BCUT2D eigenvalue weighted by atomic mass is 32.2. The van der Waals surface area contributed by atoms with Gasteiger partial charge in [0.1, 0.15) is 5.01 Å². The lowest BCUT2D eigenvalue weighted by Crippen LogP contribution is -2.04. The number of ether oxygens (including phenoxy) is 1. The molecule has 4 rings (SSSR count). The fraction of sp³-hybridized carbons (Fsp3) is 0.261. The number of benzene rings is 2. The fourth-order valence-electron chi connectivity index (χ4n) is 3.21. The van der Waals surface area contributed by atoms with Crippen LogP contribution in [0.5, 0.6) is 0 Å². The Balaban J connectivity index is 1.53. The third-order valence-corrected chi connectivity index (χ3v) is 6.69. The summed E-state index contributed by atoms with van der Waals surface area (Å²) in [6.45, 7) is 7.16. The summed E-state index contributed by atoms with van der Waals surface area (Å²) in [5, 5.41) is 4.08. The second kappa shape index (κ2) is 9.02. The maximum atomic E-state index is 12.0. The van der Waals surface area contributed by atoms with E-state index in [4.69, 9.17) is 14.7 Å². The predicted octanol–water partition coefficient (Wildman–Crippen LogP) is 5.96. The van der Waals surface area contributed by atoms with Crippen LogP contribution in [0.25, 0.3) is 21.6 Å². The zero-order chi connectivity index (χ0) is 21.1. The molecule has 0 spiro atoms. The smallest absolute Gasteiger partial charge is 0.338 e. The first-order chi connectivity index (χ1) is 14.6. The summed E-state index contributed by atoms with van der Waals surface area (Å²) >= 11 is 3.33. The Morgan fingerprint density at radius 1 is 1.13 bits per heavy atom. The van der Waals surface area contributed by atoms with E-state index in [1.165, 1.54) is 5.56 Å². The number of fused-ring (bicyclic) bond motifs is 1. The Hall–Kier alpha value is -2.64. The molecule has 0 aliphatic heterocycles. The molecule has 0 radical (unpaired) electrons. The number of imidazole rings is 1. The lowest BCUT2D eigenvalue weighted by atomic mass is 10.2. The number of hydrogen-bond donors (Lipinski definition) is 0. The normalized spacial score (nSPS) is 11.2. The Labute approximate surface area is 184 Å². The van der Waals surface area contributed by atoms with Gasteiger partial charge >= 0.3 is 5.97 Å². The molecule has 0 bridgehead atoms. The van der Waals surface area contributed by atoms with Crippen LogP contribution in [0.2, 0.25) is 0 Å². The lowest BCUT2D eigenvalue weighted by Gasteiger charge is -2.05. The number of carbonyl (C=O) groups excluding carboxylic acids is 1. The largest absolute Gasteiger partial charge is 0.462 e. The summed E-state index contributed by atoms with van der Waals surface area (Å²) in [6.07, 6.45) is 0. The van der Waals surface area contributed by atoms with E-state index in [9.17, 15) is 4.79 Å². The van der Waals surface area contributed by atoms with Crippen molar-refractivity contribution in [2.75, 3.05) is 6.61 Å². The minimum absolute atomic E-state index is 0.314. The van der Waals surface area contributed by atoms with E-state index in [2.05, 4.69) is 48.1 Å². The highest BCUT2D eigenvalue weighted by Crippen LogP contribution is 2.30. The summed E-state index contributed by atoms with van der Waals surface area (Å²) in [5.41, 5.74) is 5.80. The molecule has 30 heavy (non-hydrogen) atoms. The standard InChI is InChI=1S/C23H23N3O2S2/c1-4-26-20-11-10-17(22(27)28-5-2)12-19(20)25-23(26)30-14-18-13-29-21(24-18)16-8-6-15(3)7-9-16/h6-13H,4-5,14H2,1-3H3. The maximum absolute atomic E-state index is 12.0. The van der Waals surface area contributed by atoms with Crippen LogP contribution in [0.1, 0.15) is 35.5 Å². The third kappa shape index (κ3) is 4.27. The molecular formula is C23H23N3O2S2. The molecule has 2 heterocycles. The molecule has 0 atom stereocenters. The lowest BCUT2D eigenvalue weighted by molar-refractivity contribution is 0.0526. The Bertz CT molecular complexity index is 1180. The highest BCUT2D eigenvalue weighted by Gasteiger charge is 2.15. The van der Waals surface area contributed by atoms with Gasteiger partial charge < -0.3 is 9.30 Å². The first kappa shape index (κ1) is 20.6. The number of aryl methyl sites for hydroxylation is 2. The summed E-state index contributed by atoms with van der Waals surface area (Å²) in [5.74, 6) is 0.432. The molecule has 0 aliphatic rings. The van der Waals surface area contributed by atoms with Crippen molar-refractivity contribution in [2.45, 2.75) is 38.2 Å². The van der Waals surface area contributed by atoms with Gasteiger partial charge in [-0.25, -0.2) is 14.8 Å². The average molecular weight is 438 g/mol. The maximum Gasteiger partial charge on any atom is 0.338 e. The molecule has 0 amide bonds. The number of thioether (sulfide) groups is 1. The minimum Gasteiger partial charge on any atom is -0.462 e. The molecule has 0 saturated carbocycles. The van der Waals surface area contributed by atoms with Gasteiger partial charge in [-0.1, -0.05) is 41.6 Å². The summed E-state index contributed by atoms with van der Waals surface area (Å²) in [6, 6.07) is 14.0. The molecule has 0 aliphatic carbocycles. The Morgan fingerprint density at radius 3 is 2.67 bits per heavy atom. The number of rotatable bonds is 7. The molecule has 7 heteroatoms. The van der Waals surface area contributed by atoms with Crippen molar-refractivity contribution in [3.05, 3.63) is 64.7 Å². The Morgan fingerprint density at radius 2 is 1.93 bits per heavy atom. The van der Waals surface area contributed by atoms with Crippen LogP contribution in [0.3, 0.4) is 0 Å². The second-order valence-electron chi connectivity index (χ2n) is 6.86. The zero-order valence-electron chi connectivity index (χ0n) is 17.2. The van der Waals surface area contributed by atoms with Crippen LogP contribution >= 0.6 is 23.1 Å². The van der Waals surface area contributed by atoms with E-state index in [1.54, 1.807) is 36.1 Å². The Kier molecular flexibility index (Phi) is 6.20. The van der Waals surface area contributed by atoms with Crippen molar-refractivity contribution >= 4 is 40.1 Å². The van der Waals surface area contributed by atoms with Gasteiger partial charge in [-0.05, 0) is 39.0 Å². The molecule has 0 fully saturated rings. The zero-order valence-corrected chi connectivity index (χ0v) is 18.8. The molecule has 4 aromatic rings. The van der Waals surface area contributed by atoms with E-state index in [0.29, 0.717) is 12.2 Å². The molecule has 5 nitrogen and oxygen atoms in total. The minimum atomic E-state index is -0.314. The quantitative estimate of drug-likeness (QED) is 0.264.